The van der Waals surface area contributed by atoms with Gasteiger partial charge in [0.2, 0.25) is 0 Å². The lowest BCUT2D eigenvalue weighted by atomic mass is 10.2. The lowest BCUT2D eigenvalue weighted by Crippen LogP contribution is -2.17. The Balaban J connectivity index is 2.39. The summed E-state index contributed by atoms with van der Waals surface area (Å²) in [4.78, 5) is 21.1. The van der Waals surface area contributed by atoms with Crippen LogP contribution in [0.15, 0.2) is 5.03 Å². The first kappa shape index (κ1) is 14.5. The van der Waals surface area contributed by atoms with Gasteiger partial charge in [0, 0.05) is 0 Å². The molecule has 0 aromatic carbocycles. The number of thioether (sulfide) groups is 1. The van der Waals surface area contributed by atoms with E-state index in [1.165, 1.54) is 11.8 Å². The van der Waals surface area contributed by atoms with E-state index in [2.05, 4.69) is 25.5 Å². The Bertz CT molecular complexity index is 646. The summed E-state index contributed by atoms with van der Waals surface area (Å²) in [5.74, 6) is 0.457. The largest absolute Gasteiger partial charge is 0.319 e. The smallest absolute Gasteiger partial charge is 0.260 e. The van der Waals surface area contributed by atoms with Gasteiger partial charge >= 0.3 is 0 Å². The molecule has 20 heavy (non-hydrogen) atoms. The van der Waals surface area contributed by atoms with Crippen molar-refractivity contribution >= 4 is 23.4 Å². The third kappa shape index (κ3) is 2.67. The highest BCUT2D eigenvalue weighted by Gasteiger charge is 2.19. The second-order valence-corrected chi connectivity index (χ2v) is 5.30. The molecule has 0 radical (unpaired) electrons. The van der Waals surface area contributed by atoms with E-state index in [9.17, 15) is 4.79 Å². The molecule has 2 aromatic heterocycles. The van der Waals surface area contributed by atoms with Crippen molar-refractivity contribution in [3.05, 3.63) is 28.5 Å². The molecule has 0 saturated heterocycles. The maximum atomic E-state index is 12.5. The number of anilines is 1. The summed E-state index contributed by atoms with van der Waals surface area (Å²) in [5, 5.41) is 10.5. The number of carbonyl (C=O) groups excluding carboxylic acids is 1. The molecule has 2 rings (SSSR count). The van der Waals surface area contributed by atoms with Crippen molar-refractivity contribution in [1.82, 2.24) is 20.2 Å². The van der Waals surface area contributed by atoms with Gasteiger partial charge in [0.1, 0.15) is 10.9 Å². The van der Waals surface area contributed by atoms with Gasteiger partial charge in [0.25, 0.3) is 5.91 Å². The summed E-state index contributed by atoms with van der Waals surface area (Å²) in [6.45, 7) is 7.34. The number of aromatic nitrogens is 4. The number of hydrogen-bond donors (Lipinski definition) is 2. The number of rotatable bonds is 3. The topological polar surface area (TPSA) is 83.6 Å². The normalized spacial score (nSPS) is 10.7. The van der Waals surface area contributed by atoms with E-state index in [-0.39, 0.29) is 5.91 Å². The van der Waals surface area contributed by atoms with Crippen molar-refractivity contribution in [2.75, 3.05) is 11.6 Å². The van der Waals surface area contributed by atoms with Crippen LogP contribution < -0.4 is 5.32 Å². The Labute approximate surface area is 121 Å². The molecule has 0 aliphatic carbocycles. The number of hydrogen-bond acceptors (Lipinski definition) is 5. The van der Waals surface area contributed by atoms with Crippen LogP contribution in [0.5, 0.6) is 0 Å². The molecule has 0 fully saturated rings. The van der Waals surface area contributed by atoms with Gasteiger partial charge in [0.15, 0.2) is 0 Å². The Kier molecular flexibility index (Phi) is 4.08. The van der Waals surface area contributed by atoms with E-state index < -0.39 is 0 Å². The molecule has 2 heterocycles. The Morgan fingerprint density at radius 2 is 1.85 bits per heavy atom. The molecule has 7 heteroatoms. The zero-order valence-corrected chi connectivity index (χ0v) is 13.0. The van der Waals surface area contributed by atoms with Crippen molar-refractivity contribution in [3.63, 3.8) is 0 Å². The molecular weight excluding hydrogens is 274 g/mol. The number of carbonyl (C=O) groups is 1. The summed E-state index contributed by atoms with van der Waals surface area (Å²) in [6.07, 6.45) is 1.90. The minimum atomic E-state index is -0.209. The van der Waals surface area contributed by atoms with E-state index in [0.29, 0.717) is 27.8 Å². The maximum Gasteiger partial charge on any atom is 0.260 e. The van der Waals surface area contributed by atoms with Crippen molar-refractivity contribution in [2.45, 2.75) is 32.7 Å². The van der Waals surface area contributed by atoms with Gasteiger partial charge in [0.05, 0.1) is 28.3 Å². The first-order valence-electron chi connectivity index (χ1n) is 6.16. The fourth-order valence-corrected chi connectivity index (χ4v) is 2.67. The van der Waals surface area contributed by atoms with Crippen LogP contribution in [0.2, 0.25) is 0 Å². The van der Waals surface area contributed by atoms with Crippen LogP contribution in [-0.2, 0) is 0 Å². The molecule has 0 saturated carbocycles. The van der Waals surface area contributed by atoms with E-state index in [4.69, 9.17) is 0 Å². The van der Waals surface area contributed by atoms with Crippen LogP contribution in [0.3, 0.4) is 0 Å². The second kappa shape index (κ2) is 5.62. The fraction of sp³-hybridized carbons (Fsp3) is 0.385. The average Bonchev–Trinajstić information content (AvgIpc) is 2.69. The summed E-state index contributed by atoms with van der Waals surface area (Å²) in [7, 11) is 0. The quantitative estimate of drug-likeness (QED) is 0.670. The number of H-pyrrole nitrogens is 1. The first-order valence-corrected chi connectivity index (χ1v) is 7.38. The van der Waals surface area contributed by atoms with Gasteiger partial charge in [-0.05, 0) is 34.0 Å². The van der Waals surface area contributed by atoms with Gasteiger partial charge < -0.3 is 5.32 Å². The molecule has 0 aliphatic heterocycles. The van der Waals surface area contributed by atoms with Crippen LogP contribution in [0.25, 0.3) is 0 Å². The van der Waals surface area contributed by atoms with E-state index in [0.717, 1.165) is 11.4 Å². The lowest BCUT2D eigenvalue weighted by Gasteiger charge is -2.11. The molecule has 0 spiro atoms. The summed E-state index contributed by atoms with van der Waals surface area (Å²) >= 11 is 1.44. The Morgan fingerprint density at radius 3 is 2.40 bits per heavy atom. The third-order valence-electron chi connectivity index (χ3n) is 2.96. The third-order valence-corrected chi connectivity index (χ3v) is 3.64. The van der Waals surface area contributed by atoms with Gasteiger partial charge in [-0.15, -0.1) is 11.8 Å². The van der Waals surface area contributed by atoms with Crippen LogP contribution in [0.1, 0.15) is 33.3 Å². The van der Waals surface area contributed by atoms with Crippen molar-refractivity contribution < 1.29 is 4.79 Å². The molecule has 0 atom stereocenters. The summed E-state index contributed by atoms with van der Waals surface area (Å²) in [5.41, 5.74) is 3.49. The van der Waals surface area contributed by atoms with E-state index in [1.54, 1.807) is 0 Å². The molecule has 0 bridgehead atoms. The van der Waals surface area contributed by atoms with Crippen LogP contribution in [0, 0.1) is 27.7 Å². The summed E-state index contributed by atoms with van der Waals surface area (Å²) < 4.78 is 0. The molecule has 0 unspecified atom stereocenters. The van der Waals surface area contributed by atoms with Crippen LogP contribution in [-0.4, -0.2) is 32.3 Å². The fourth-order valence-electron chi connectivity index (χ4n) is 2.00. The van der Waals surface area contributed by atoms with Gasteiger partial charge in [-0.3, -0.25) is 9.89 Å². The van der Waals surface area contributed by atoms with E-state index >= 15 is 0 Å². The highest BCUT2D eigenvalue weighted by atomic mass is 32.2. The standard InChI is InChI=1S/C13H17N5OS/c1-6-10(13(20-5)15-9(4)14-6)12(19)16-11-7(2)17-18-8(11)3/h1-5H3,(H,16,19)(H,17,18). The molecule has 2 N–H and O–H groups in total. The molecule has 2 aromatic rings. The Morgan fingerprint density at radius 1 is 1.15 bits per heavy atom. The van der Waals surface area contributed by atoms with Gasteiger partial charge in [-0.1, -0.05) is 0 Å². The monoisotopic (exact) mass is 291 g/mol. The minimum absolute atomic E-state index is 0.209. The zero-order chi connectivity index (χ0) is 14.9. The second-order valence-electron chi connectivity index (χ2n) is 4.50. The number of aromatic amines is 1. The SMILES string of the molecule is CSc1nc(C)nc(C)c1C(=O)Nc1c(C)n[nH]c1C. The number of nitrogens with one attached hydrogen (secondary N) is 2. The molecular formula is C13H17N5OS. The van der Waals surface area contributed by atoms with Gasteiger partial charge in [-0.2, -0.15) is 5.10 Å². The summed E-state index contributed by atoms with van der Waals surface area (Å²) in [6, 6.07) is 0. The first-order chi connectivity index (χ1) is 9.43. The van der Waals surface area contributed by atoms with Crippen LogP contribution in [0.4, 0.5) is 5.69 Å². The maximum absolute atomic E-state index is 12.5. The number of aryl methyl sites for hydroxylation is 4. The molecule has 106 valence electrons. The lowest BCUT2D eigenvalue weighted by molar-refractivity contribution is 0.102. The Hall–Kier alpha value is -1.89. The minimum Gasteiger partial charge on any atom is -0.319 e. The average molecular weight is 291 g/mol. The van der Waals surface area contributed by atoms with E-state index in [1.807, 2.05) is 34.0 Å². The predicted octanol–water partition coefficient (Wildman–Crippen LogP) is 2.41. The highest BCUT2D eigenvalue weighted by molar-refractivity contribution is 7.98. The van der Waals surface area contributed by atoms with Crippen LogP contribution >= 0.6 is 11.8 Å². The molecule has 6 nitrogen and oxygen atoms in total. The molecule has 0 aliphatic rings. The zero-order valence-electron chi connectivity index (χ0n) is 12.2. The van der Waals surface area contributed by atoms with Crippen molar-refractivity contribution in [2.24, 2.45) is 0 Å². The number of nitrogens with zero attached hydrogens (tertiary/aromatic N) is 3. The van der Waals surface area contributed by atoms with Crippen molar-refractivity contribution in [1.29, 1.82) is 0 Å². The van der Waals surface area contributed by atoms with Gasteiger partial charge in [-0.25, -0.2) is 9.97 Å². The van der Waals surface area contributed by atoms with Crippen molar-refractivity contribution in [3.8, 4) is 0 Å². The highest BCUT2D eigenvalue weighted by Crippen LogP contribution is 2.23. The molecule has 1 amide bonds. The number of amides is 1. The predicted molar refractivity (Wildman–Crippen MR) is 79.3 cm³/mol.